The first-order valence-electron chi connectivity index (χ1n) is 13.7. The molecular weight excluding hydrogens is 470 g/mol. The van der Waals surface area contributed by atoms with E-state index in [0.717, 1.165) is 57.5 Å². The number of aliphatic imine (C=N–C) groups is 1. The van der Waals surface area contributed by atoms with E-state index in [-0.39, 0.29) is 5.41 Å². The fourth-order valence-electron chi connectivity index (χ4n) is 7.04. The highest BCUT2D eigenvalue weighted by atomic mass is 16.5. The fraction of sp³-hybridized carbons (Fsp3) is 0.303. The summed E-state index contributed by atoms with van der Waals surface area (Å²) < 4.78 is 13.4. The third-order valence-corrected chi connectivity index (χ3v) is 9.21. The number of hydrogen-bond donors (Lipinski definition) is 0. The number of benzene rings is 4. The topological polar surface area (TPSA) is 41.2 Å². The average Bonchev–Trinajstić information content (AvgIpc) is 3.39. The number of nitrogens with zero attached hydrogens (tertiary/aromatic N) is 3. The van der Waals surface area contributed by atoms with Gasteiger partial charge in [0.2, 0.25) is 5.72 Å². The summed E-state index contributed by atoms with van der Waals surface area (Å²) >= 11 is 0. The van der Waals surface area contributed by atoms with E-state index in [4.69, 9.17) is 14.1 Å². The summed E-state index contributed by atoms with van der Waals surface area (Å²) in [5.41, 5.74) is 5.25. The predicted octanol–water partition coefficient (Wildman–Crippen LogP) is 7.95. The summed E-state index contributed by atoms with van der Waals surface area (Å²) in [7, 11) is 2.12. The van der Waals surface area contributed by atoms with Crippen molar-refractivity contribution >= 4 is 56.0 Å². The van der Waals surface area contributed by atoms with E-state index in [0.29, 0.717) is 0 Å². The van der Waals surface area contributed by atoms with Crippen LogP contribution in [0.5, 0.6) is 5.75 Å². The molecule has 0 amide bonds. The van der Waals surface area contributed by atoms with Crippen LogP contribution in [-0.2, 0) is 5.41 Å². The standard InChI is InChI=1S/C33H31N3O2/c1-32(2)25-17-24-22-12-7-8-14-28(22)37-29(24)19-27(25)35(3)33(32)20-34-31-23-13-6-5-11-21(23)26(18-30(31)38-33)36-15-9-4-10-16-36/h5-8,11-14,17-20H,4,9-10,15-16H2,1-3H3. The van der Waals surface area contributed by atoms with Gasteiger partial charge in [-0.2, -0.15) is 0 Å². The van der Waals surface area contributed by atoms with Crippen LogP contribution in [0.3, 0.4) is 0 Å². The molecule has 5 heteroatoms. The maximum Gasteiger partial charge on any atom is 0.228 e. The number of furan rings is 1. The Morgan fingerprint density at radius 3 is 2.32 bits per heavy atom. The van der Waals surface area contributed by atoms with E-state index in [1.165, 1.54) is 35.9 Å². The molecule has 1 spiro atoms. The maximum absolute atomic E-state index is 7.14. The van der Waals surface area contributed by atoms with Crippen LogP contribution in [-0.4, -0.2) is 32.1 Å². The Morgan fingerprint density at radius 1 is 0.763 bits per heavy atom. The van der Waals surface area contributed by atoms with E-state index in [1.807, 2.05) is 18.3 Å². The highest BCUT2D eigenvalue weighted by Crippen LogP contribution is 2.56. The van der Waals surface area contributed by atoms with Gasteiger partial charge in [-0.15, -0.1) is 0 Å². The third-order valence-electron chi connectivity index (χ3n) is 9.21. The molecule has 38 heavy (non-hydrogen) atoms. The molecule has 0 saturated carbocycles. The van der Waals surface area contributed by atoms with Crippen molar-refractivity contribution in [1.29, 1.82) is 0 Å². The van der Waals surface area contributed by atoms with Gasteiger partial charge in [0.05, 0.1) is 11.6 Å². The van der Waals surface area contributed by atoms with Crippen LogP contribution >= 0.6 is 0 Å². The van der Waals surface area contributed by atoms with Crippen molar-refractivity contribution in [2.45, 2.75) is 44.2 Å². The van der Waals surface area contributed by atoms with Gasteiger partial charge in [-0.1, -0.05) is 42.5 Å². The van der Waals surface area contributed by atoms with E-state index in [1.54, 1.807) is 0 Å². The first-order valence-corrected chi connectivity index (χ1v) is 13.7. The van der Waals surface area contributed by atoms with Crippen molar-refractivity contribution in [2.75, 3.05) is 29.9 Å². The minimum atomic E-state index is -0.751. The Labute approximate surface area is 222 Å². The Bertz CT molecular complexity index is 1790. The summed E-state index contributed by atoms with van der Waals surface area (Å²) in [6.07, 6.45) is 5.80. The van der Waals surface area contributed by atoms with Gasteiger partial charge in [-0.3, -0.25) is 4.99 Å². The van der Waals surface area contributed by atoms with Crippen LogP contribution in [0.15, 0.2) is 76.1 Å². The molecule has 1 atom stereocenters. The second-order valence-corrected chi connectivity index (χ2v) is 11.5. The molecule has 3 aliphatic rings. The zero-order valence-electron chi connectivity index (χ0n) is 22.1. The first kappa shape index (κ1) is 22.0. The molecule has 1 aromatic heterocycles. The quantitative estimate of drug-likeness (QED) is 0.234. The predicted molar refractivity (Wildman–Crippen MR) is 157 cm³/mol. The Balaban J connectivity index is 1.30. The Hall–Kier alpha value is -3.99. The lowest BCUT2D eigenvalue weighted by Crippen LogP contribution is -2.61. The lowest BCUT2D eigenvalue weighted by Gasteiger charge is -2.45. The van der Waals surface area contributed by atoms with Gasteiger partial charge >= 0.3 is 0 Å². The average molecular weight is 502 g/mol. The van der Waals surface area contributed by atoms with Gasteiger partial charge < -0.3 is 19.0 Å². The first-order chi connectivity index (χ1) is 18.5. The summed E-state index contributed by atoms with van der Waals surface area (Å²) in [5, 5.41) is 4.69. The van der Waals surface area contributed by atoms with Crippen LogP contribution < -0.4 is 14.5 Å². The van der Waals surface area contributed by atoms with Crippen LogP contribution in [0, 0.1) is 0 Å². The van der Waals surface area contributed by atoms with Crippen molar-refractivity contribution in [3.8, 4) is 5.75 Å². The zero-order chi connectivity index (χ0) is 25.6. The van der Waals surface area contributed by atoms with E-state index < -0.39 is 5.72 Å². The van der Waals surface area contributed by atoms with Crippen molar-refractivity contribution < 1.29 is 9.15 Å². The minimum absolute atomic E-state index is 0.359. The van der Waals surface area contributed by atoms with Gasteiger partial charge in [-0.05, 0) is 50.8 Å². The minimum Gasteiger partial charge on any atom is -0.459 e. The monoisotopic (exact) mass is 501 g/mol. The van der Waals surface area contributed by atoms with Crippen molar-refractivity contribution in [3.05, 3.63) is 72.3 Å². The Morgan fingerprint density at radius 2 is 1.50 bits per heavy atom. The zero-order valence-corrected chi connectivity index (χ0v) is 22.1. The Kier molecular flexibility index (Phi) is 4.37. The summed E-state index contributed by atoms with van der Waals surface area (Å²) in [4.78, 5) is 9.92. The van der Waals surface area contributed by atoms with Crippen LogP contribution in [0.1, 0.15) is 38.7 Å². The summed E-state index contributed by atoms with van der Waals surface area (Å²) in [5.74, 6) is 0.855. The number of anilines is 2. The number of likely N-dealkylation sites (N-methyl/N-ethyl adjacent to an activating group) is 1. The summed E-state index contributed by atoms with van der Waals surface area (Å²) in [6.45, 7) is 6.71. The molecule has 0 bridgehead atoms. The lowest BCUT2D eigenvalue weighted by molar-refractivity contribution is 0.0827. The van der Waals surface area contributed by atoms with Crippen LogP contribution in [0.2, 0.25) is 0 Å². The number of rotatable bonds is 1. The number of ether oxygens (including phenoxy) is 1. The van der Waals surface area contributed by atoms with Gasteiger partial charge in [-0.25, -0.2) is 0 Å². The molecule has 190 valence electrons. The molecule has 5 nitrogen and oxygen atoms in total. The smallest absolute Gasteiger partial charge is 0.228 e. The molecule has 1 fully saturated rings. The molecule has 4 aromatic carbocycles. The molecule has 0 N–H and O–H groups in total. The molecule has 1 unspecified atom stereocenters. The van der Waals surface area contributed by atoms with E-state index in [9.17, 15) is 0 Å². The van der Waals surface area contributed by atoms with Crippen molar-refractivity contribution in [3.63, 3.8) is 0 Å². The summed E-state index contributed by atoms with van der Waals surface area (Å²) in [6, 6.07) is 23.6. The van der Waals surface area contributed by atoms with E-state index >= 15 is 0 Å². The second-order valence-electron chi connectivity index (χ2n) is 11.5. The largest absolute Gasteiger partial charge is 0.459 e. The number of para-hydroxylation sites is 1. The number of fused-ring (bicyclic) bond motifs is 7. The van der Waals surface area contributed by atoms with Gasteiger partial charge in [0.15, 0.2) is 5.75 Å². The van der Waals surface area contributed by atoms with Gasteiger partial charge in [0, 0.05) is 65.2 Å². The lowest BCUT2D eigenvalue weighted by atomic mass is 9.77. The van der Waals surface area contributed by atoms with E-state index in [2.05, 4.69) is 85.3 Å². The highest BCUT2D eigenvalue weighted by molar-refractivity contribution is 6.08. The highest BCUT2D eigenvalue weighted by Gasteiger charge is 2.59. The third kappa shape index (κ3) is 2.74. The molecule has 8 rings (SSSR count). The van der Waals surface area contributed by atoms with Crippen molar-refractivity contribution in [2.24, 2.45) is 4.99 Å². The molecule has 0 aliphatic carbocycles. The van der Waals surface area contributed by atoms with Crippen LogP contribution in [0.25, 0.3) is 32.7 Å². The number of hydrogen-bond acceptors (Lipinski definition) is 5. The molecule has 1 saturated heterocycles. The van der Waals surface area contributed by atoms with Crippen molar-refractivity contribution in [1.82, 2.24) is 0 Å². The van der Waals surface area contributed by atoms with Gasteiger partial charge in [0.25, 0.3) is 0 Å². The number of piperidine rings is 1. The molecule has 4 heterocycles. The maximum atomic E-state index is 7.14. The van der Waals surface area contributed by atoms with Gasteiger partial charge in [0.1, 0.15) is 16.9 Å². The van der Waals surface area contributed by atoms with Crippen LogP contribution in [0.4, 0.5) is 17.1 Å². The second kappa shape index (κ2) is 7.53. The SMILES string of the molecule is CN1c2cc3oc4ccccc4c3cc2C(C)(C)C12C=Nc1c(cc(N3CCCCC3)c3ccccc13)O2. The molecule has 5 aromatic rings. The fourth-order valence-corrected chi connectivity index (χ4v) is 7.04. The normalized spacial score (nSPS) is 21.9. The molecule has 3 aliphatic heterocycles. The molecule has 0 radical (unpaired) electrons. The molecular formula is C33H31N3O2.